The fourth-order valence-electron chi connectivity index (χ4n) is 3.06. The zero-order valence-electron chi connectivity index (χ0n) is 12.6. The number of amides is 1. The summed E-state index contributed by atoms with van der Waals surface area (Å²) in [5.41, 5.74) is 7.16. The first-order chi connectivity index (χ1) is 11.1. The van der Waals surface area contributed by atoms with Crippen LogP contribution >= 0.6 is 11.6 Å². The van der Waals surface area contributed by atoms with Crippen LogP contribution in [0.25, 0.3) is 0 Å². The summed E-state index contributed by atoms with van der Waals surface area (Å²) in [6.07, 6.45) is 6.00. The fourth-order valence-corrected chi connectivity index (χ4v) is 3.23. The fraction of sp³-hybridized carbons (Fsp3) is 0.294. The van der Waals surface area contributed by atoms with Crippen LogP contribution in [0.1, 0.15) is 30.9 Å². The second-order valence-electron chi connectivity index (χ2n) is 5.52. The first-order valence-electron chi connectivity index (χ1n) is 7.58. The number of hydrogen-bond donors (Lipinski definition) is 1. The van der Waals surface area contributed by atoms with Gasteiger partial charge in [-0.15, -0.1) is 0 Å². The standard InChI is InChI=1S/C17H18ClN3O2/c18-13-4-5-16(23-17(19)22)15(11-13)21-10-2-1-3-14(21)12-6-8-20-9-7-12/h4-9,11,14H,1-3,10H2,(H2,19,22). The summed E-state index contributed by atoms with van der Waals surface area (Å²) in [5.74, 6) is 0.433. The highest BCUT2D eigenvalue weighted by Crippen LogP contribution is 2.40. The van der Waals surface area contributed by atoms with Crippen molar-refractivity contribution in [1.82, 2.24) is 4.98 Å². The molecule has 1 aliphatic heterocycles. The highest BCUT2D eigenvalue weighted by molar-refractivity contribution is 6.31. The Morgan fingerprint density at radius 3 is 2.78 bits per heavy atom. The SMILES string of the molecule is NC(=O)Oc1ccc(Cl)cc1N1CCCCC1c1ccncc1. The van der Waals surface area contributed by atoms with E-state index in [0.717, 1.165) is 31.5 Å². The molecule has 0 bridgehead atoms. The zero-order valence-corrected chi connectivity index (χ0v) is 13.4. The monoisotopic (exact) mass is 331 g/mol. The molecule has 2 aromatic rings. The van der Waals surface area contributed by atoms with Gasteiger partial charge in [-0.2, -0.15) is 0 Å². The first-order valence-corrected chi connectivity index (χ1v) is 7.96. The molecule has 2 N–H and O–H groups in total. The molecule has 6 heteroatoms. The number of anilines is 1. The molecular weight excluding hydrogens is 314 g/mol. The largest absolute Gasteiger partial charge is 0.410 e. The van der Waals surface area contributed by atoms with E-state index >= 15 is 0 Å². The molecule has 1 fully saturated rings. The predicted octanol–water partition coefficient (Wildman–Crippen LogP) is 3.92. The number of rotatable bonds is 3. The van der Waals surface area contributed by atoms with Crippen molar-refractivity contribution in [2.45, 2.75) is 25.3 Å². The number of benzene rings is 1. The number of hydrogen-bond acceptors (Lipinski definition) is 4. The van der Waals surface area contributed by atoms with Crippen LogP contribution in [0.4, 0.5) is 10.5 Å². The summed E-state index contributed by atoms with van der Waals surface area (Å²) in [4.78, 5) is 17.5. The topological polar surface area (TPSA) is 68.5 Å². The Hall–Kier alpha value is -2.27. The summed E-state index contributed by atoms with van der Waals surface area (Å²) >= 11 is 6.16. The van der Waals surface area contributed by atoms with Crippen molar-refractivity contribution < 1.29 is 9.53 Å². The van der Waals surface area contributed by atoms with Gasteiger partial charge in [0.05, 0.1) is 11.7 Å². The predicted molar refractivity (Wildman–Crippen MR) is 89.8 cm³/mol. The molecule has 2 heterocycles. The summed E-state index contributed by atoms with van der Waals surface area (Å²) in [5, 5.41) is 0.593. The average molecular weight is 332 g/mol. The number of piperidine rings is 1. The molecule has 1 atom stereocenters. The minimum atomic E-state index is -0.828. The van der Waals surface area contributed by atoms with Crippen molar-refractivity contribution in [3.63, 3.8) is 0 Å². The van der Waals surface area contributed by atoms with E-state index in [0.29, 0.717) is 10.8 Å². The molecule has 1 amide bonds. The zero-order chi connectivity index (χ0) is 16.2. The van der Waals surface area contributed by atoms with Gasteiger partial charge in [-0.3, -0.25) is 4.98 Å². The highest BCUT2D eigenvalue weighted by atomic mass is 35.5. The second kappa shape index (κ2) is 6.87. The lowest BCUT2D eigenvalue weighted by molar-refractivity contribution is 0.211. The van der Waals surface area contributed by atoms with E-state index in [-0.39, 0.29) is 6.04 Å². The maximum atomic E-state index is 11.2. The third-order valence-electron chi connectivity index (χ3n) is 4.03. The number of aromatic nitrogens is 1. The van der Waals surface area contributed by atoms with E-state index in [1.54, 1.807) is 24.5 Å². The van der Waals surface area contributed by atoms with Gasteiger partial charge < -0.3 is 15.4 Å². The summed E-state index contributed by atoms with van der Waals surface area (Å²) < 4.78 is 5.16. The summed E-state index contributed by atoms with van der Waals surface area (Å²) in [6.45, 7) is 0.864. The molecule has 3 rings (SSSR count). The smallest absolute Gasteiger partial charge is 0.408 e. The Kier molecular flexibility index (Phi) is 4.67. The van der Waals surface area contributed by atoms with Gasteiger partial charge in [-0.05, 0) is 55.2 Å². The van der Waals surface area contributed by atoms with Gasteiger partial charge in [0.1, 0.15) is 0 Å². The van der Waals surface area contributed by atoms with Crippen LogP contribution in [-0.2, 0) is 0 Å². The molecule has 1 aromatic carbocycles. The van der Waals surface area contributed by atoms with Crippen LogP contribution in [0.5, 0.6) is 5.75 Å². The lowest BCUT2D eigenvalue weighted by Gasteiger charge is -2.38. The van der Waals surface area contributed by atoms with Gasteiger partial charge in [0, 0.05) is 24.0 Å². The molecule has 1 aromatic heterocycles. The van der Waals surface area contributed by atoms with Gasteiger partial charge in [0.15, 0.2) is 5.75 Å². The Balaban J connectivity index is 2.00. The number of halogens is 1. The lowest BCUT2D eigenvalue weighted by Crippen LogP contribution is -2.34. The molecule has 1 saturated heterocycles. The van der Waals surface area contributed by atoms with Crippen molar-refractivity contribution >= 4 is 23.4 Å². The van der Waals surface area contributed by atoms with Crippen molar-refractivity contribution in [2.24, 2.45) is 5.73 Å². The highest BCUT2D eigenvalue weighted by Gasteiger charge is 2.27. The van der Waals surface area contributed by atoms with Crippen LogP contribution in [0.2, 0.25) is 5.02 Å². The molecular formula is C17H18ClN3O2. The van der Waals surface area contributed by atoms with Crippen LogP contribution < -0.4 is 15.4 Å². The van der Waals surface area contributed by atoms with Gasteiger partial charge in [-0.25, -0.2) is 4.79 Å². The van der Waals surface area contributed by atoms with E-state index in [4.69, 9.17) is 22.1 Å². The Labute approximate surface area is 140 Å². The first kappa shape index (κ1) is 15.6. The second-order valence-corrected chi connectivity index (χ2v) is 5.96. The van der Waals surface area contributed by atoms with Gasteiger partial charge >= 0.3 is 6.09 Å². The molecule has 0 radical (unpaired) electrons. The van der Waals surface area contributed by atoms with E-state index in [1.165, 1.54) is 5.56 Å². The van der Waals surface area contributed by atoms with Crippen molar-refractivity contribution in [1.29, 1.82) is 0 Å². The summed E-state index contributed by atoms with van der Waals surface area (Å²) in [6, 6.07) is 9.42. The maximum absolute atomic E-state index is 11.2. The average Bonchev–Trinajstić information content (AvgIpc) is 2.57. The van der Waals surface area contributed by atoms with Gasteiger partial charge in [0.25, 0.3) is 0 Å². The van der Waals surface area contributed by atoms with Gasteiger partial charge in [-0.1, -0.05) is 11.6 Å². The van der Waals surface area contributed by atoms with Crippen LogP contribution in [-0.4, -0.2) is 17.6 Å². The lowest BCUT2D eigenvalue weighted by atomic mass is 9.95. The number of nitrogens with two attached hydrogens (primary N) is 1. The molecule has 0 saturated carbocycles. The molecule has 1 aliphatic rings. The van der Waals surface area contributed by atoms with E-state index in [1.807, 2.05) is 18.2 Å². The van der Waals surface area contributed by atoms with Crippen molar-refractivity contribution in [2.75, 3.05) is 11.4 Å². The number of carbonyl (C=O) groups is 1. The number of pyridine rings is 1. The van der Waals surface area contributed by atoms with Crippen molar-refractivity contribution in [3.05, 3.63) is 53.3 Å². The Bertz CT molecular complexity index is 693. The number of carbonyl (C=O) groups excluding carboxylic acids is 1. The van der Waals surface area contributed by atoms with E-state index < -0.39 is 6.09 Å². The van der Waals surface area contributed by atoms with Crippen LogP contribution in [0.15, 0.2) is 42.7 Å². The number of ether oxygens (including phenoxy) is 1. The maximum Gasteiger partial charge on any atom is 0.410 e. The molecule has 1 unspecified atom stereocenters. The van der Waals surface area contributed by atoms with Crippen molar-refractivity contribution in [3.8, 4) is 5.75 Å². The summed E-state index contributed by atoms with van der Waals surface area (Å²) in [7, 11) is 0. The van der Waals surface area contributed by atoms with E-state index in [2.05, 4.69) is 9.88 Å². The normalized spacial score (nSPS) is 17.8. The quantitative estimate of drug-likeness (QED) is 0.925. The third kappa shape index (κ3) is 3.56. The number of nitrogens with zero attached hydrogens (tertiary/aromatic N) is 2. The van der Waals surface area contributed by atoms with Gasteiger partial charge in [0.2, 0.25) is 0 Å². The molecule has 0 spiro atoms. The minimum Gasteiger partial charge on any atom is -0.408 e. The Morgan fingerprint density at radius 2 is 2.04 bits per heavy atom. The molecule has 0 aliphatic carbocycles. The molecule has 5 nitrogen and oxygen atoms in total. The van der Waals surface area contributed by atoms with Crippen LogP contribution in [0, 0.1) is 0 Å². The molecule has 23 heavy (non-hydrogen) atoms. The Morgan fingerprint density at radius 1 is 1.26 bits per heavy atom. The minimum absolute atomic E-state index is 0.195. The van der Waals surface area contributed by atoms with Crippen LogP contribution in [0.3, 0.4) is 0 Å². The molecule has 120 valence electrons. The number of primary amides is 1. The third-order valence-corrected chi connectivity index (χ3v) is 4.27. The van der Waals surface area contributed by atoms with E-state index in [9.17, 15) is 4.79 Å².